The molecule has 0 bridgehead atoms. The zero-order valence-electron chi connectivity index (χ0n) is 34.6. The highest BCUT2D eigenvalue weighted by Gasteiger charge is 2.46. The second-order valence-corrected chi connectivity index (χ2v) is 16.4. The quantitative estimate of drug-likeness (QED) is 0.149. The summed E-state index contributed by atoms with van der Waals surface area (Å²) in [7, 11) is 0. The molecule has 2 nitrogen and oxygen atoms in total. The molecule has 11 aromatic rings. The SMILES string of the molecule is c1ccc(-c2ccccc2N(c2ccc3c(c2)C(c2ccccc2)(c2ccccc2)c2ccccc2-3)c2cccc3c2c2ccccc2n3-c2ccccc2-c2ccccc2)cc1. The lowest BCUT2D eigenvalue weighted by Crippen LogP contribution is -2.28. The maximum Gasteiger partial charge on any atom is 0.0714 e. The van der Waals surface area contributed by atoms with Crippen molar-refractivity contribution in [3.05, 3.63) is 277 Å². The van der Waals surface area contributed by atoms with Crippen LogP contribution in [0.15, 0.2) is 255 Å². The number of hydrogen-bond acceptors (Lipinski definition) is 1. The molecule has 0 amide bonds. The molecule has 0 unspecified atom stereocenters. The van der Waals surface area contributed by atoms with E-state index < -0.39 is 5.41 Å². The van der Waals surface area contributed by atoms with Crippen molar-refractivity contribution in [2.24, 2.45) is 0 Å². The van der Waals surface area contributed by atoms with Crippen LogP contribution < -0.4 is 4.90 Å². The summed E-state index contributed by atoms with van der Waals surface area (Å²) < 4.78 is 2.47. The Labute approximate surface area is 368 Å². The molecule has 0 N–H and O–H groups in total. The third-order valence-corrected chi connectivity index (χ3v) is 13.1. The maximum atomic E-state index is 2.52. The van der Waals surface area contributed by atoms with Gasteiger partial charge in [-0.2, -0.15) is 0 Å². The Bertz CT molecular complexity index is 3400. The molecule has 0 saturated carbocycles. The predicted molar refractivity (Wildman–Crippen MR) is 264 cm³/mol. The number of fused-ring (bicyclic) bond motifs is 6. The maximum absolute atomic E-state index is 2.52. The van der Waals surface area contributed by atoms with E-state index >= 15 is 0 Å². The van der Waals surface area contributed by atoms with E-state index in [1.165, 1.54) is 60.8 Å². The molecule has 1 heterocycles. The molecule has 12 rings (SSSR count). The first kappa shape index (κ1) is 36.6. The highest BCUT2D eigenvalue weighted by Crippen LogP contribution is 2.58. The van der Waals surface area contributed by atoms with Crippen molar-refractivity contribution in [2.75, 3.05) is 4.90 Å². The molecule has 0 spiro atoms. The van der Waals surface area contributed by atoms with Crippen LogP contribution in [0.4, 0.5) is 17.1 Å². The van der Waals surface area contributed by atoms with E-state index in [-0.39, 0.29) is 0 Å². The highest BCUT2D eigenvalue weighted by molar-refractivity contribution is 6.17. The van der Waals surface area contributed by atoms with Gasteiger partial charge in [-0.15, -0.1) is 0 Å². The minimum absolute atomic E-state index is 0.543. The number of aromatic nitrogens is 1. The van der Waals surface area contributed by atoms with Gasteiger partial charge in [0.15, 0.2) is 0 Å². The van der Waals surface area contributed by atoms with Crippen LogP contribution >= 0.6 is 0 Å². The topological polar surface area (TPSA) is 8.17 Å². The zero-order valence-corrected chi connectivity index (χ0v) is 34.6. The van der Waals surface area contributed by atoms with Crippen molar-refractivity contribution in [2.45, 2.75) is 5.41 Å². The summed E-state index contributed by atoms with van der Waals surface area (Å²) in [6, 6.07) is 93.3. The van der Waals surface area contributed by atoms with Gasteiger partial charge in [0.25, 0.3) is 0 Å². The van der Waals surface area contributed by atoms with Gasteiger partial charge < -0.3 is 9.47 Å². The van der Waals surface area contributed by atoms with Crippen molar-refractivity contribution in [1.82, 2.24) is 4.57 Å². The van der Waals surface area contributed by atoms with Crippen LogP contribution in [0.5, 0.6) is 0 Å². The standard InChI is InChI=1S/C61H42N2/c1-5-22-43(23-6-1)48-30-14-18-35-55(48)62(47-40-41-51-50-32-13-17-34-53(50)61(54(51)42-47,45-26-9-3-10-27-45)46-28-11-4-12-29-46)58-38-21-39-59-60(58)52-33-16-20-37-57(52)63(59)56-36-19-15-31-49(56)44-24-7-2-8-25-44/h1-42H. The molecule has 10 aromatic carbocycles. The van der Waals surface area contributed by atoms with Crippen LogP contribution in [0.3, 0.4) is 0 Å². The van der Waals surface area contributed by atoms with Crippen molar-refractivity contribution in [3.8, 4) is 39.1 Å². The molecule has 0 saturated heterocycles. The molecule has 2 heteroatoms. The van der Waals surface area contributed by atoms with Crippen LogP contribution in [0.25, 0.3) is 60.9 Å². The summed E-state index contributed by atoms with van der Waals surface area (Å²) in [6.07, 6.45) is 0. The van der Waals surface area contributed by atoms with E-state index in [0.29, 0.717) is 0 Å². The summed E-state index contributed by atoms with van der Waals surface area (Å²) in [6.45, 7) is 0. The van der Waals surface area contributed by atoms with Gasteiger partial charge in [-0.1, -0.05) is 212 Å². The van der Waals surface area contributed by atoms with Crippen LogP contribution in [0.2, 0.25) is 0 Å². The van der Waals surface area contributed by atoms with E-state index in [1.54, 1.807) is 0 Å². The highest BCUT2D eigenvalue weighted by atomic mass is 15.2. The first-order valence-corrected chi connectivity index (χ1v) is 21.8. The van der Waals surface area contributed by atoms with Crippen molar-refractivity contribution < 1.29 is 0 Å². The minimum atomic E-state index is -0.543. The Morgan fingerprint density at radius 2 is 0.841 bits per heavy atom. The van der Waals surface area contributed by atoms with E-state index in [9.17, 15) is 0 Å². The van der Waals surface area contributed by atoms with E-state index in [2.05, 4.69) is 264 Å². The van der Waals surface area contributed by atoms with Crippen LogP contribution in [-0.2, 0) is 5.41 Å². The predicted octanol–water partition coefficient (Wildman–Crippen LogP) is 16.0. The normalized spacial score (nSPS) is 12.6. The van der Waals surface area contributed by atoms with E-state index in [1.807, 2.05) is 0 Å². The number of hydrogen-bond donors (Lipinski definition) is 0. The molecule has 0 radical (unpaired) electrons. The summed E-state index contributed by atoms with van der Waals surface area (Å²) in [4.78, 5) is 2.52. The van der Waals surface area contributed by atoms with Gasteiger partial charge in [-0.25, -0.2) is 0 Å². The Morgan fingerprint density at radius 1 is 0.333 bits per heavy atom. The molecular weight excluding hydrogens is 761 g/mol. The number of benzene rings is 10. The average Bonchev–Trinajstić information content (AvgIpc) is 3.86. The zero-order chi connectivity index (χ0) is 41.7. The van der Waals surface area contributed by atoms with E-state index in [4.69, 9.17) is 0 Å². The average molecular weight is 803 g/mol. The van der Waals surface area contributed by atoms with Crippen molar-refractivity contribution in [1.29, 1.82) is 0 Å². The van der Waals surface area contributed by atoms with Crippen molar-refractivity contribution in [3.63, 3.8) is 0 Å². The fraction of sp³-hybridized carbons (Fsp3) is 0.0164. The molecular formula is C61H42N2. The smallest absolute Gasteiger partial charge is 0.0714 e. The lowest BCUT2D eigenvalue weighted by Gasteiger charge is -2.35. The molecule has 1 aliphatic rings. The monoisotopic (exact) mass is 802 g/mol. The van der Waals surface area contributed by atoms with Gasteiger partial charge in [0.05, 0.1) is 33.5 Å². The van der Waals surface area contributed by atoms with Crippen LogP contribution in [0.1, 0.15) is 22.3 Å². The molecule has 0 fully saturated rings. The summed E-state index contributed by atoms with van der Waals surface area (Å²) in [5.74, 6) is 0. The van der Waals surface area contributed by atoms with Gasteiger partial charge in [0, 0.05) is 27.6 Å². The van der Waals surface area contributed by atoms with Crippen LogP contribution in [-0.4, -0.2) is 4.57 Å². The number of nitrogens with zero attached hydrogens (tertiary/aromatic N) is 2. The number of rotatable bonds is 8. The summed E-state index contributed by atoms with van der Waals surface area (Å²) >= 11 is 0. The largest absolute Gasteiger partial charge is 0.309 e. The van der Waals surface area contributed by atoms with Gasteiger partial charge in [0.1, 0.15) is 0 Å². The van der Waals surface area contributed by atoms with Gasteiger partial charge in [0.2, 0.25) is 0 Å². The Kier molecular flexibility index (Phi) is 8.76. The fourth-order valence-corrected chi connectivity index (χ4v) is 10.5. The Hall–Kier alpha value is -8.20. The van der Waals surface area contributed by atoms with Crippen molar-refractivity contribution >= 4 is 38.9 Å². The second kappa shape index (κ2) is 15.1. The summed E-state index contributed by atoms with van der Waals surface area (Å²) in [5.41, 5.74) is 18.5. The van der Waals surface area contributed by atoms with Crippen LogP contribution in [0, 0.1) is 0 Å². The summed E-state index contributed by atoms with van der Waals surface area (Å²) in [5, 5.41) is 2.39. The molecule has 1 aliphatic carbocycles. The van der Waals surface area contributed by atoms with Gasteiger partial charge in [-0.3, -0.25) is 0 Å². The van der Waals surface area contributed by atoms with Gasteiger partial charge >= 0.3 is 0 Å². The molecule has 1 aromatic heterocycles. The fourth-order valence-electron chi connectivity index (χ4n) is 10.5. The third kappa shape index (κ3) is 5.72. The van der Waals surface area contributed by atoms with E-state index in [0.717, 1.165) is 39.3 Å². The number of para-hydroxylation sites is 3. The van der Waals surface area contributed by atoms with Gasteiger partial charge in [-0.05, 0) is 87.0 Å². The molecule has 63 heavy (non-hydrogen) atoms. The Balaban J connectivity index is 1.18. The third-order valence-electron chi connectivity index (χ3n) is 13.1. The second-order valence-electron chi connectivity index (χ2n) is 16.4. The Morgan fingerprint density at radius 3 is 1.56 bits per heavy atom. The molecule has 0 aliphatic heterocycles. The molecule has 0 atom stereocenters. The lowest BCUT2D eigenvalue weighted by molar-refractivity contribution is 0.768. The molecule has 296 valence electrons. The minimum Gasteiger partial charge on any atom is -0.309 e. The number of anilines is 3. The lowest BCUT2D eigenvalue weighted by atomic mass is 9.67. The first-order chi connectivity index (χ1) is 31.3. The first-order valence-electron chi connectivity index (χ1n) is 21.8.